The number of ether oxygens (including phenoxy) is 2. The van der Waals surface area contributed by atoms with E-state index in [0.717, 1.165) is 17.7 Å². The molecule has 8 heteroatoms. The summed E-state index contributed by atoms with van der Waals surface area (Å²) in [4.78, 5) is 24.7. The zero-order valence-corrected chi connectivity index (χ0v) is 17.2. The molecule has 0 fully saturated rings. The monoisotopic (exact) mass is 408 g/mol. The van der Waals surface area contributed by atoms with E-state index < -0.39 is 11.9 Å². The van der Waals surface area contributed by atoms with Gasteiger partial charge in [0.25, 0.3) is 5.91 Å². The number of carbonyl (C=O) groups excluding carboxylic acids is 2. The number of hydrogen-bond acceptors (Lipinski definition) is 6. The molecule has 1 heterocycles. The number of carbonyl (C=O) groups is 2. The molecule has 3 aromatic rings. The van der Waals surface area contributed by atoms with Crippen LogP contribution in [0, 0.1) is 6.92 Å². The van der Waals surface area contributed by atoms with E-state index in [1.165, 1.54) is 0 Å². The van der Waals surface area contributed by atoms with Crippen molar-refractivity contribution < 1.29 is 19.1 Å². The smallest absolute Gasteiger partial charge is 0.338 e. The lowest BCUT2D eigenvalue weighted by Gasteiger charge is -2.09. The third-order valence-electron chi connectivity index (χ3n) is 4.32. The summed E-state index contributed by atoms with van der Waals surface area (Å²) in [6.07, 6.45) is 0.757. The fraction of sp³-hybridized carbons (Fsp3) is 0.273. The summed E-state index contributed by atoms with van der Waals surface area (Å²) in [7, 11) is 1.55. The van der Waals surface area contributed by atoms with E-state index in [4.69, 9.17) is 9.47 Å². The summed E-state index contributed by atoms with van der Waals surface area (Å²) in [6, 6.07) is 14.2. The SMILES string of the molecule is CCCOC(=O)c1ccc(NC(=O)c2nnn(-c3cccc(C)c3)c2COC)cc1. The third-order valence-corrected chi connectivity index (χ3v) is 4.32. The maximum Gasteiger partial charge on any atom is 0.338 e. The molecule has 1 N–H and O–H groups in total. The Balaban J connectivity index is 1.79. The lowest BCUT2D eigenvalue weighted by atomic mass is 10.2. The molecule has 0 unspecified atom stereocenters. The highest BCUT2D eigenvalue weighted by atomic mass is 16.5. The number of nitrogens with zero attached hydrogens (tertiary/aromatic N) is 3. The zero-order valence-electron chi connectivity index (χ0n) is 17.2. The van der Waals surface area contributed by atoms with E-state index in [2.05, 4.69) is 15.6 Å². The van der Waals surface area contributed by atoms with Gasteiger partial charge in [0.15, 0.2) is 5.69 Å². The van der Waals surface area contributed by atoms with Crippen molar-refractivity contribution in [3.63, 3.8) is 0 Å². The molecule has 0 aliphatic rings. The highest BCUT2D eigenvalue weighted by Crippen LogP contribution is 2.18. The summed E-state index contributed by atoms with van der Waals surface area (Å²) in [5.74, 6) is -0.805. The Morgan fingerprint density at radius 3 is 2.57 bits per heavy atom. The quantitative estimate of drug-likeness (QED) is 0.573. The molecule has 0 aliphatic carbocycles. The molecule has 0 aliphatic heterocycles. The first-order chi connectivity index (χ1) is 14.5. The Labute approximate surface area is 174 Å². The Bertz CT molecular complexity index is 1030. The Hall–Kier alpha value is -3.52. The van der Waals surface area contributed by atoms with Crippen LogP contribution >= 0.6 is 0 Å². The van der Waals surface area contributed by atoms with Gasteiger partial charge in [-0.15, -0.1) is 5.10 Å². The summed E-state index contributed by atoms with van der Waals surface area (Å²) >= 11 is 0. The first kappa shape index (κ1) is 21.2. The van der Waals surface area contributed by atoms with Gasteiger partial charge in [0, 0.05) is 12.8 Å². The van der Waals surface area contributed by atoms with Crippen molar-refractivity contribution in [1.82, 2.24) is 15.0 Å². The second kappa shape index (κ2) is 9.80. The van der Waals surface area contributed by atoms with Gasteiger partial charge in [-0.1, -0.05) is 24.3 Å². The predicted octanol–water partition coefficient (Wildman–Crippen LogP) is 3.54. The van der Waals surface area contributed by atoms with Gasteiger partial charge in [-0.2, -0.15) is 0 Å². The molecule has 3 rings (SSSR count). The molecular weight excluding hydrogens is 384 g/mol. The van der Waals surface area contributed by atoms with Crippen molar-refractivity contribution in [1.29, 1.82) is 0 Å². The number of anilines is 1. The minimum absolute atomic E-state index is 0.171. The van der Waals surface area contributed by atoms with Gasteiger partial charge in [0.05, 0.1) is 24.5 Å². The van der Waals surface area contributed by atoms with Gasteiger partial charge < -0.3 is 14.8 Å². The van der Waals surface area contributed by atoms with Crippen LogP contribution in [0.1, 0.15) is 45.4 Å². The van der Waals surface area contributed by atoms with Crippen LogP contribution in [0.4, 0.5) is 5.69 Å². The van der Waals surface area contributed by atoms with E-state index in [-0.39, 0.29) is 12.3 Å². The van der Waals surface area contributed by atoms with Gasteiger partial charge in [-0.25, -0.2) is 9.48 Å². The molecule has 30 heavy (non-hydrogen) atoms. The highest BCUT2D eigenvalue weighted by molar-refractivity contribution is 6.03. The fourth-order valence-corrected chi connectivity index (χ4v) is 2.87. The molecule has 8 nitrogen and oxygen atoms in total. The summed E-state index contributed by atoms with van der Waals surface area (Å²) < 4.78 is 12.0. The number of amides is 1. The summed E-state index contributed by atoms with van der Waals surface area (Å²) in [5, 5.41) is 11.0. The third kappa shape index (κ3) is 4.90. The number of aromatic nitrogens is 3. The van der Waals surface area contributed by atoms with Crippen LogP contribution in [0.2, 0.25) is 0 Å². The molecule has 1 amide bonds. The number of esters is 1. The van der Waals surface area contributed by atoms with Crippen LogP contribution in [0.3, 0.4) is 0 Å². The number of benzene rings is 2. The van der Waals surface area contributed by atoms with Crippen molar-refractivity contribution in [3.05, 3.63) is 71.0 Å². The standard InChI is InChI=1S/C22H24N4O4/c1-4-12-30-22(28)16-8-10-17(11-9-16)23-21(27)20-19(14-29-3)26(25-24-20)18-7-5-6-15(2)13-18/h5-11,13H,4,12,14H2,1-3H3,(H,23,27). The zero-order chi connectivity index (χ0) is 21.5. The maximum absolute atomic E-state index is 12.8. The van der Waals surface area contributed by atoms with Crippen LogP contribution < -0.4 is 5.32 Å². The predicted molar refractivity (Wildman–Crippen MR) is 112 cm³/mol. The highest BCUT2D eigenvalue weighted by Gasteiger charge is 2.21. The number of hydrogen-bond donors (Lipinski definition) is 1. The van der Waals surface area contributed by atoms with Crippen LogP contribution in [0.5, 0.6) is 0 Å². The number of aryl methyl sites for hydroxylation is 1. The fourth-order valence-electron chi connectivity index (χ4n) is 2.87. The van der Waals surface area contributed by atoms with Gasteiger partial charge in [0.2, 0.25) is 0 Å². The van der Waals surface area contributed by atoms with Crippen molar-refractivity contribution in [3.8, 4) is 5.69 Å². The van der Waals surface area contributed by atoms with Crippen LogP contribution in [0.15, 0.2) is 48.5 Å². The van der Waals surface area contributed by atoms with E-state index in [1.807, 2.05) is 38.1 Å². The van der Waals surface area contributed by atoms with Gasteiger partial charge in [0.1, 0.15) is 5.69 Å². The largest absolute Gasteiger partial charge is 0.462 e. The van der Waals surface area contributed by atoms with Crippen molar-refractivity contribution in [2.75, 3.05) is 19.0 Å². The lowest BCUT2D eigenvalue weighted by Crippen LogP contribution is -2.16. The van der Waals surface area contributed by atoms with Crippen molar-refractivity contribution in [2.24, 2.45) is 0 Å². The Morgan fingerprint density at radius 1 is 1.13 bits per heavy atom. The number of methoxy groups -OCH3 is 1. The second-order valence-corrected chi connectivity index (χ2v) is 6.74. The molecule has 0 saturated heterocycles. The molecule has 0 atom stereocenters. The van der Waals surface area contributed by atoms with Gasteiger partial charge in [-0.05, 0) is 55.3 Å². The Kier molecular flexibility index (Phi) is 6.92. The minimum atomic E-state index is -0.415. The molecule has 0 spiro atoms. The van der Waals surface area contributed by atoms with Gasteiger partial charge in [-0.3, -0.25) is 4.79 Å². The molecule has 156 valence electrons. The molecule has 2 aromatic carbocycles. The van der Waals surface area contributed by atoms with Crippen LogP contribution in [-0.2, 0) is 16.1 Å². The summed E-state index contributed by atoms with van der Waals surface area (Å²) in [5.41, 5.74) is 3.52. The molecule has 0 saturated carbocycles. The van der Waals surface area contributed by atoms with Gasteiger partial charge >= 0.3 is 5.97 Å². The number of nitrogens with one attached hydrogen (secondary N) is 1. The van der Waals surface area contributed by atoms with Crippen molar-refractivity contribution in [2.45, 2.75) is 26.9 Å². The van der Waals surface area contributed by atoms with Crippen LogP contribution in [0.25, 0.3) is 5.69 Å². The minimum Gasteiger partial charge on any atom is -0.462 e. The maximum atomic E-state index is 12.8. The molecule has 0 radical (unpaired) electrons. The molecule has 0 bridgehead atoms. The first-order valence-electron chi connectivity index (χ1n) is 9.62. The normalized spacial score (nSPS) is 10.6. The topological polar surface area (TPSA) is 95.3 Å². The first-order valence-corrected chi connectivity index (χ1v) is 9.62. The molecule has 1 aromatic heterocycles. The average Bonchev–Trinajstić information content (AvgIpc) is 3.16. The Morgan fingerprint density at radius 2 is 1.90 bits per heavy atom. The van der Waals surface area contributed by atoms with Crippen LogP contribution in [-0.4, -0.2) is 40.6 Å². The average molecular weight is 408 g/mol. The lowest BCUT2D eigenvalue weighted by molar-refractivity contribution is 0.0505. The van der Waals surface area contributed by atoms with E-state index in [1.54, 1.807) is 36.1 Å². The number of rotatable bonds is 8. The second-order valence-electron chi connectivity index (χ2n) is 6.74. The van der Waals surface area contributed by atoms with E-state index in [0.29, 0.717) is 23.6 Å². The summed E-state index contributed by atoms with van der Waals surface area (Å²) in [6.45, 7) is 4.45. The molecular formula is C22H24N4O4. The van der Waals surface area contributed by atoms with Crippen molar-refractivity contribution >= 4 is 17.6 Å². The van der Waals surface area contributed by atoms with E-state index >= 15 is 0 Å². The van der Waals surface area contributed by atoms with E-state index in [9.17, 15) is 9.59 Å².